The molecular formula is C24H27ClF2N4O4S. The third-order valence-corrected chi connectivity index (χ3v) is 7.51. The molecule has 1 atom stereocenters. The maximum Gasteiger partial charge on any atom is 0.265 e. The van der Waals surface area contributed by atoms with Crippen molar-refractivity contribution >= 4 is 52.0 Å². The van der Waals surface area contributed by atoms with Gasteiger partial charge in [-0.2, -0.15) is 0 Å². The molecule has 36 heavy (non-hydrogen) atoms. The summed E-state index contributed by atoms with van der Waals surface area (Å²) in [6, 6.07) is 6.46. The highest BCUT2D eigenvalue weighted by Crippen LogP contribution is 2.32. The maximum absolute atomic E-state index is 13.9. The molecule has 1 saturated carbocycles. The zero-order valence-corrected chi connectivity index (χ0v) is 21.0. The Hall–Kier alpha value is -2.60. The van der Waals surface area contributed by atoms with Gasteiger partial charge in [-0.1, -0.05) is 18.0 Å². The molecule has 2 aromatic rings. The van der Waals surface area contributed by atoms with Gasteiger partial charge in [0.1, 0.15) is 12.6 Å². The monoisotopic (exact) mass is 540 g/mol. The molecule has 2 aliphatic rings. The molecule has 1 aromatic carbocycles. The van der Waals surface area contributed by atoms with E-state index < -0.39 is 23.9 Å². The normalized spacial score (nSPS) is 17.1. The van der Waals surface area contributed by atoms with Crippen LogP contribution in [0.1, 0.15) is 40.9 Å². The van der Waals surface area contributed by atoms with Gasteiger partial charge in [0, 0.05) is 30.0 Å². The summed E-state index contributed by atoms with van der Waals surface area (Å²) < 4.78 is 33.4. The lowest BCUT2D eigenvalue weighted by molar-refractivity contribution is -0.125. The fourth-order valence-corrected chi connectivity index (χ4v) is 4.96. The molecule has 1 aliphatic heterocycles. The lowest BCUT2D eigenvalue weighted by atomic mass is 9.85. The summed E-state index contributed by atoms with van der Waals surface area (Å²) >= 11 is 7.02. The van der Waals surface area contributed by atoms with Gasteiger partial charge in [0.2, 0.25) is 5.91 Å². The highest BCUT2D eigenvalue weighted by atomic mass is 35.5. The molecule has 0 spiro atoms. The number of halogens is 3. The molecule has 4 rings (SSSR count). The van der Waals surface area contributed by atoms with E-state index in [1.165, 1.54) is 23.1 Å². The SMILES string of the molecule is O=C(NC[C@H](NCC1CCC1)C(=O)Nc1ccc(N2CCOCC2=O)cc1C(F)F)c1ccc(Cl)s1. The Morgan fingerprint density at radius 1 is 1.22 bits per heavy atom. The Morgan fingerprint density at radius 3 is 2.67 bits per heavy atom. The van der Waals surface area contributed by atoms with Crippen LogP contribution in [-0.2, 0) is 14.3 Å². The van der Waals surface area contributed by atoms with Crippen molar-refractivity contribution < 1.29 is 27.9 Å². The van der Waals surface area contributed by atoms with E-state index in [-0.39, 0.29) is 37.2 Å². The van der Waals surface area contributed by atoms with Crippen molar-refractivity contribution in [3.05, 3.63) is 45.1 Å². The van der Waals surface area contributed by atoms with Crippen LogP contribution < -0.4 is 20.9 Å². The third-order valence-electron chi connectivity index (χ3n) is 6.28. The van der Waals surface area contributed by atoms with Gasteiger partial charge in [-0.05, 0) is 55.6 Å². The van der Waals surface area contributed by atoms with Gasteiger partial charge >= 0.3 is 0 Å². The van der Waals surface area contributed by atoms with E-state index in [1.807, 2.05) is 0 Å². The van der Waals surface area contributed by atoms with E-state index in [4.69, 9.17) is 16.3 Å². The number of morpholine rings is 1. The van der Waals surface area contributed by atoms with Gasteiger partial charge in [0.05, 0.1) is 15.8 Å². The largest absolute Gasteiger partial charge is 0.370 e. The van der Waals surface area contributed by atoms with Crippen LogP contribution >= 0.6 is 22.9 Å². The summed E-state index contributed by atoms with van der Waals surface area (Å²) in [4.78, 5) is 39.5. The van der Waals surface area contributed by atoms with Gasteiger partial charge in [0.15, 0.2) is 0 Å². The number of amides is 3. The third kappa shape index (κ3) is 6.58. The Bertz CT molecular complexity index is 1110. The van der Waals surface area contributed by atoms with Crippen LogP contribution in [0, 0.1) is 5.92 Å². The Morgan fingerprint density at radius 2 is 2.03 bits per heavy atom. The first-order valence-electron chi connectivity index (χ1n) is 11.7. The molecule has 3 N–H and O–H groups in total. The van der Waals surface area contributed by atoms with Crippen LogP contribution in [0.2, 0.25) is 4.34 Å². The fraction of sp³-hybridized carbons (Fsp3) is 0.458. The van der Waals surface area contributed by atoms with Crippen molar-refractivity contribution in [2.45, 2.75) is 31.7 Å². The summed E-state index contributed by atoms with van der Waals surface area (Å²) in [5, 5.41) is 8.47. The molecule has 0 unspecified atom stereocenters. The molecule has 0 bridgehead atoms. The minimum atomic E-state index is -2.87. The van der Waals surface area contributed by atoms with Crippen LogP contribution in [0.3, 0.4) is 0 Å². The predicted molar refractivity (Wildman–Crippen MR) is 134 cm³/mol. The van der Waals surface area contributed by atoms with Crippen molar-refractivity contribution in [3.63, 3.8) is 0 Å². The lowest BCUT2D eigenvalue weighted by Crippen LogP contribution is -2.50. The Balaban J connectivity index is 1.46. The first-order valence-corrected chi connectivity index (χ1v) is 12.9. The highest BCUT2D eigenvalue weighted by Gasteiger charge is 2.27. The van der Waals surface area contributed by atoms with E-state index in [9.17, 15) is 23.2 Å². The number of carbonyl (C=O) groups is 3. The highest BCUT2D eigenvalue weighted by molar-refractivity contribution is 7.18. The number of hydrogen-bond acceptors (Lipinski definition) is 6. The fourth-order valence-electron chi connectivity index (χ4n) is 4.00. The van der Waals surface area contributed by atoms with E-state index in [0.717, 1.165) is 30.6 Å². The second-order valence-electron chi connectivity index (χ2n) is 8.73. The van der Waals surface area contributed by atoms with E-state index >= 15 is 0 Å². The van der Waals surface area contributed by atoms with Crippen molar-refractivity contribution in [1.82, 2.24) is 10.6 Å². The minimum absolute atomic E-state index is 0.0305. The van der Waals surface area contributed by atoms with Crippen LogP contribution in [0.25, 0.3) is 0 Å². The summed E-state index contributed by atoms with van der Waals surface area (Å²) in [6.45, 7) is 1.01. The number of carbonyl (C=O) groups excluding carboxylic acids is 3. The standard InChI is InChI=1S/C24H27ClF2N4O4S/c25-20-7-6-19(36-20)24(34)29-12-18(28-11-14-2-1-3-14)23(33)30-17-5-4-15(10-16(17)22(26)27)31-8-9-35-13-21(31)32/h4-7,10,14,18,22,28H,1-3,8-9,11-13H2,(H,29,34)(H,30,33)/t18-/m0/s1. The van der Waals surface area contributed by atoms with Crippen LogP contribution in [-0.4, -0.2) is 56.6 Å². The average molecular weight is 541 g/mol. The number of nitrogens with zero attached hydrogens (tertiary/aromatic N) is 1. The first-order chi connectivity index (χ1) is 17.3. The van der Waals surface area contributed by atoms with Crippen molar-refractivity contribution in [3.8, 4) is 0 Å². The Labute approximate surface area is 216 Å². The number of rotatable bonds is 10. The number of alkyl halides is 2. The zero-order chi connectivity index (χ0) is 25.7. The second kappa shape index (κ2) is 12.1. The van der Waals surface area contributed by atoms with Crippen LogP contribution in [0.5, 0.6) is 0 Å². The second-order valence-corrected chi connectivity index (χ2v) is 10.4. The average Bonchev–Trinajstić information content (AvgIpc) is 3.26. The van der Waals surface area contributed by atoms with Crippen LogP contribution in [0.4, 0.5) is 20.2 Å². The summed E-state index contributed by atoms with van der Waals surface area (Å²) in [6.07, 6.45) is 0.368. The molecular weight excluding hydrogens is 514 g/mol. The van der Waals surface area contributed by atoms with Gasteiger partial charge in [-0.3, -0.25) is 14.4 Å². The number of ether oxygens (including phenoxy) is 1. The maximum atomic E-state index is 13.9. The summed E-state index contributed by atoms with van der Waals surface area (Å²) in [7, 11) is 0. The molecule has 1 saturated heterocycles. The van der Waals surface area contributed by atoms with Gasteiger partial charge in [-0.25, -0.2) is 8.78 Å². The number of benzene rings is 1. The van der Waals surface area contributed by atoms with E-state index in [0.29, 0.717) is 34.0 Å². The quantitative estimate of drug-likeness (QED) is 0.425. The molecule has 0 radical (unpaired) electrons. The zero-order valence-electron chi connectivity index (χ0n) is 19.4. The topological polar surface area (TPSA) is 99.8 Å². The van der Waals surface area contributed by atoms with E-state index in [1.54, 1.807) is 12.1 Å². The summed E-state index contributed by atoms with van der Waals surface area (Å²) in [5.74, 6) is -0.797. The van der Waals surface area contributed by atoms with Crippen molar-refractivity contribution in [1.29, 1.82) is 0 Å². The molecule has 2 heterocycles. The van der Waals surface area contributed by atoms with Gasteiger partial charge in [-0.15, -0.1) is 11.3 Å². The van der Waals surface area contributed by atoms with E-state index in [2.05, 4.69) is 16.0 Å². The molecule has 2 fully saturated rings. The van der Waals surface area contributed by atoms with Gasteiger partial charge in [0.25, 0.3) is 18.2 Å². The van der Waals surface area contributed by atoms with Crippen molar-refractivity contribution in [2.24, 2.45) is 5.92 Å². The number of hydrogen-bond donors (Lipinski definition) is 3. The summed E-state index contributed by atoms with van der Waals surface area (Å²) in [5.41, 5.74) is -0.125. The van der Waals surface area contributed by atoms with Crippen molar-refractivity contribution in [2.75, 3.05) is 43.1 Å². The molecule has 3 amide bonds. The molecule has 1 aliphatic carbocycles. The molecule has 1 aromatic heterocycles. The number of thiophene rings is 1. The molecule has 194 valence electrons. The lowest BCUT2D eigenvalue weighted by Gasteiger charge is -2.29. The minimum Gasteiger partial charge on any atom is -0.370 e. The predicted octanol–water partition coefficient (Wildman–Crippen LogP) is 3.83. The molecule has 12 heteroatoms. The number of anilines is 2. The smallest absolute Gasteiger partial charge is 0.265 e. The van der Waals surface area contributed by atoms with Gasteiger partial charge < -0.3 is 25.6 Å². The number of nitrogens with one attached hydrogen (secondary N) is 3. The first kappa shape index (κ1) is 26.5. The Kier molecular flexibility index (Phi) is 8.89. The van der Waals surface area contributed by atoms with Crippen LogP contribution in [0.15, 0.2) is 30.3 Å². The molecule has 8 nitrogen and oxygen atoms in total.